The molecule has 0 aliphatic heterocycles. The Morgan fingerprint density at radius 2 is 1.77 bits per heavy atom. The van der Waals surface area contributed by atoms with Crippen molar-refractivity contribution >= 4 is 17.8 Å². The molecule has 4 heteroatoms. The van der Waals surface area contributed by atoms with Gasteiger partial charge in [0, 0.05) is 11.0 Å². The van der Waals surface area contributed by atoms with Gasteiger partial charge in [0.05, 0.1) is 12.7 Å². The molecule has 0 aromatic heterocycles. The van der Waals surface area contributed by atoms with Gasteiger partial charge in [-0.15, -0.1) is 0 Å². The van der Waals surface area contributed by atoms with Crippen LogP contribution in [0.2, 0.25) is 0 Å². The van der Waals surface area contributed by atoms with Crippen LogP contribution in [0.1, 0.15) is 41.3 Å². The van der Waals surface area contributed by atoms with Crippen LogP contribution in [0, 0.1) is 5.41 Å². The minimum atomic E-state index is -0.359. The first-order valence-electron chi connectivity index (χ1n) is 8.63. The van der Waals surface area contributed by atoms with Gasteiger partial charge in [-0.25, -0.2) is 4.79 Å². The van der Waals surface area contributed by atoms with E-state index in [1.165, 1.54) is 7.11 Å². The highest BCUT2D eigenvalue weighted by Gasteiger charge is 2.43. The van der Waals surface area contributed by atoms with Crippen LogP contribution in [0.5, 0.6) is 5.75 Å². The number of carbonyl (C=O) groups is 2. The third-order valence-electron chi connectivity index (χ3n) is 4.70. The van der Waals surface area contributed by atoms with Gasteiger partial charge in [0.15, 0.2) is 5.78 Å². The summed E-state index contributed by atoms with van der Waals surface area (Å²) in [4.78, 5) is 23.6. The fourth-order valence-electron chi connectivity index (χ4n) is 2.57. The molecule has 26 heavy (non-hydrogen) atoms. The third-order valence-corrected chi connectivity index (χ3v) is 4.70. The Bertz CT molecular complexity index is 829. The van der Waals surface area contributed by atoms with Crippen LogP contribution in [0.15, 0.2) is 54.6 Å². The molecule has 1 aliphatic rings. The zero-order chi connectivity index (χ0) is 18.6. The first kappa shape index (κ1) is 17.9. The fourth-order valence-corrected chi connectivity index (χ4v) is 2.57. The van der Waals surface area contributed by atoms with Crippen LogP contribution >= 0.6 is 0 Å². The van der Waals surface area contributed by atoms with Gasteiger partial charge in [-0.1, -0.05) is 37.3 Å². The van der Waals surface area contributed by atoms with Crippen LogP contribution in [0.4, 0.5) is 0 Å². The number of benzene rings is 2. The number of hydrogen-bond donors (Lipinski definition) is 0. The summed E-state index contributed by atoms with van der Waals surface area (Å²) in [6, 6.07) is 14.7. The van der Waals surface area contributed by atoms with Gasteiger partial charge in [0.1, 0.15) is 12.4 Å². The monoisotopic (exact) mass is 350 g/mol. The van der Waals surface area contributed by atoms with Gasteiger partial charge >= 0.3 is 5.97 Å². The lowest BCUT2D eigenvalue weighted by molar-refractivity contribution is -0.118. The van der Waals surface area contributed by atoms with E-state index in [2.05, 4.69) is 0 Å². The second kappa shape index (κ2) is 7.56. The van der Waals surface area contributed by atoms with E-state index >= 15 is 0 Å². The molecular formula is C22H22O4. The summed E-state index contributed by atoms with van der Waals surface area (Å²) in [6.45, 7) is 2.37. The fraction of sp³-hybridized carbons (Fsp3) is 0.273. The van der Waals surface area contributed by atoms with E-state index in [0.29, 0.717) is 12.2 Å². The lowest BCUT2D eigenvalue weighted by Gasteiger charge is -2.10. The van der Waals surface area contributed by atoms with Gasteiger partial charge in [-0.2, -0.15) is 0 Å². The molecule has 2 aromatic rings. The molecule has 0 unspecified atom stereocenters. The van der Waals surface area contributed by atoms with E-state index in [0.717, 1.165) is 29.7 Å². The molecule has 1 aliphatic carbocycles. The van der Waals surface area contributed by atoms with Crippen LogP contribution in [-0.4, -0.2) is 18.9 Å². The minimum Gasteiger partial charge on any atom is -0.488 e. The molecule has 1 fully saturated rings. The number of ether oxygens (including phenoxy) is 2. The second-order valence-corrected chi connectivity index (χ2v) is 6.77. The van der Waals surface area contributed by atoms with Crippen molar-refractivity contribution in [3.63, 3.8) is 0 Å². The largest absolute Gasteiger partial charge is 0.488 e. The molecule has 0 N–H and O–H groups in total. The zero-order valence-corrected chi connectivity index (χ0v) is 15.0. The molecule has 0 radical (unpaired) electrons. The van der Waals surface area contributed by atoms with Crippen molar-refractivity contribution in [3.05, 3.63) is 71.3 Å². The number of esters is 1. The molecule has 0 atom stereocenters. The van der Waals surface area contributed by atoms with Crippen LogP contribution in [0.3, 0.4) is 0 Å². The van der Waals surface area contributed by atoms with Crippen molar-refractivity contribution in [2.24, 2.45) is 5.41 Å². The highest BCUT2D eigenvalue weighted by atomic mass is 16.5. The van der Waals surface area contributed by atoms with Crippen molar-refractivity contribution in [2.75, 3.05) is 7.11 Å². The van der Waals surface area contributed by atoms with E-state index in [9.17, 15) is 9.59 Å². The molecule has 134 valence electrons. The smallest absolute Gasteiger partial charge is 0.337 e. The molecule has 0 bridgehead atoms. The zero-order valence-electron chi connectivity index (χ0n) is 15.0. The SMILES string of the molecule is COC(=O)c1ccc(COc2ccccc2/C=C/C(=O)C2(C)CC2)cc1. The van der Waals surface area contributed by atoms with E-state index in [1.54, 1.807) is 18.2 Å². The maximum Gasteiger partial charge on any atom is 0.337 e. The predicted octanol–water partition coefficient (Wildman–Crippen LogP) is 4.43. The lowest BCUT2D eigenvalue weighted by Crippen LogP contribution is -2.07. The summed E-state index contributed by atoms with van der Waals surface area (Å²) >= 11 is 0. The van der Waals surface area contributed by atoms with Crippen molar-refractivity contribution in [1.29, 1.82) is 0 Å². The van der Waals surface area contributed by atoms with Crippen LogP contribution in [-0.2, 0) is 16.1 Å². The highest BCUT2D eigenvalue weighted by molar-refractivity contribution is 5.99. The predicted molar refractivity (Wildman–Crippen MR) is 99.9 cm³/mol. The summed E-state index contributed by atoms with van der Waals surface area (Å²) in [5.74, 6) is 0.530. The van der Waals surface area contributed by atoms with Crippen molar-refractivity contribution in [3.8, 4) is 5.75 Å². The molecule has 0 amide bonds. The second-order valence-electron chi connectivity index (χ2n) is 6.77. The molecular weight excluding hydrogens is 328 g/mol. The maximum absolute atomic E-state index is 12.1. The van der Waals surface area contributed by atoms with Gasteiger partial charge in [-0.05, 0) is 48.8 Å². The third kappa shape index (κ3) is 4.20. The summed E-state index contributed by atoms with van der Waals surface area (Å²) in [7, 11) is 1.36. The summed E-state index contributed by atoms with van der Waals surface area (Å²) in [5, 5.41) is 0. The average Bonchev–Trinajstić information content (AvgIpc) is 3.43. The van der Waals surface area contributed by atoms with Crippen LogP contribution < -0.4 is 4.74 Å². The first-order valence-corrected chi connectivity index (χ1v) is 8.63. The Balaban J connectivity index is 1.66. The van der Waals surface area contributed by atoms with Gasteiger partial charge in [0.2, 0.25) is 0 Å². The van der Waals surface area contributed by atoms with Gasteiger partial charge < -0.3 is 9.47 Å². The van der Waals surface area contributed by atoms with Crippen molar-refractivity contribution < 1.29 is 19.1 Å². The molecule has 2 aromatic carbocycles. The molecule has 1 saturated carbocycles. The Labute approximate surface area is 153 Å². The first-order chi connectivity index (χ1) is 12.5. The Kier molecular flexibility index (Phi) is 5.21. The standard InChI is InChI=1S/C22H22O4/c1-22(13-14-22)20(23)12-11-17-5-3-4-6-19(17)26-15-16-7-9-18(10-8-16)21(24)25-2/h3-12H,13-15H2,1-2H3/b12-11+. The van der Waals surface area contributed by atoms with Crippen molar-refractivity contribution in [2.45, 2.75) is 26.4 Å². The number of allylic oxidation sites excluding steroid dienone is 1. The summed E-state index contributed by atoms with van der Waals surface area (Å²) < 4.78 is 10.6. The van der Waals surface area contributed by atoms with E-state index in [-0.39, 0.29) is 17.2 Å². The van der Waals surface area contributed by atoms with E-state index in [4.69, 9.17) is 9.47 Å². The van der Waals surface area contributed by atoms with E-state index < -0.39 is 0 Å². The van der Waals surface area contributed by atoms with Gasteiger partial charge in [0.25, 0.3) is 0 Å². The highest BCUT2D eigenvalue weighted by Crippen LogP contribution is 2.46. The summed E-state index contributed by atoms with van der Waals surface area (Å²) in [6.07, 6.45) is 5.41. The van der Waals surface area contributed by atoms with Gasteiger partial charge in [-0.3, -0.25) is 4.79 Å². The topological polar surface area (TPSA) is 52.6 Å². The van der Waals surface area contributed by atoms with Crippen LogP contribution in [0.25, 0.3) is 6.08 Å². The molecule has 0 heterocycles. The number of rotatable bonds is 7. The average molecular weight is 350 g/mol. The van der Waals surface area contributed by atoms with E-state index in [1.807, 2.05) is 49.4 Å². The Morgan fingerprint density at radius 1 is 1.08 bits per heavy atom. The number of carbonyl (C=O) groups excluding carboxylic acids is 2. The number of hydrogen-bond acceptors (Lipinski definition) is 4. The molecule has 0 saturated heterocycles. The molecule has 3 rings (SSSR count). The maximum atomic E-state index is 12.1. The van der Waals surface area contributed by atoms with Crippen molar-refractivity contribution in [1.82, 2.24) is 0 Å². The normalized spacial score (nSPS) is 14.8. The molecule has 0 spiro atoms. The number of ketones is 1. The Morgan fingerprint density at radius 3 is 2.42 bits per heavy atom. The Hall–Kier alpha value is -2.88. The quantitative estimate of drug-likeness (QED) is 0.547. The summed E-state index contributed by atoms with van der Waals surface area (Å²) in [5.41, 5.74) is 2.16. The lowest BCUT2D eigenvalue weighted by atomic mass is 10.0. The minimum absolute atomic E-state index is 0.159. The number of methoxy groups -OCH3 is 1. The molecule has 4 nitrogen and oxygen atoms in total. The number of para-hydroxylation sites is 1.